The van der Waals surface area contributed by atoms with Gasteiger partial charge in [0.1, 0.15) is 0 Å². The zero-order valence-electron chi connectivity index (χ0n) is 7.75. The molecule has 0 aromatic heterocycles. The number of carboxylic acid groups (broad SMARTS) is 1. The predicted octanol–water partition coefficient (Wildman–Crippen LogP) is -1.59. The van der Waals surface area contributed by atoms with Crippen molar-refractivity contribution in [3.8, 4) is 0 Å². The molecule has 0 radical (unpaired) electrons. The highest BCUT2D eigenvalue weighted by Gasteiger charge is 2.39. The van der Waals surface area contributed by atoms with Gasteiger partial charge in [0.25, 0.3) is 0 Å². The summed E-state index contributed by atoms with van der Waals surface area (Å²) in [6, 6.07) is -1.26. The fourth-order valence-corrected chi connectivity index (χ4v) is 1.58. The molecule has 3 N–H and O–H groups in total. The monoisotopic (exact) mass is 203 g/mol. The lowest BCUT2D eigenvalue weighted by atomic mass is 10.1. The molecule has 1 aliphatic rings. The Morgan fingerprint density at radius 1 is 1.64 bits per heavy atom. The van der Waals surface area contributed by atoms with E-state index < -0.39 is 30.1 Å². The second kappa shape index (κ2) is 3.93. The maximum Gasteiger partial charge on any atom is 0.329 e. The third kappa shape index (κ3) is 2.02. The maximum absolute atomic E-state index is 11.2. The molecule has 1 saturated heterocycles. The molecule has 3 atom stereocenters. The highest BCUT2D eigenvalue weighted by molar-refractivity contribution is 5.85. The number of carboxylic acids is 1. The van der Waals surface area contributed by atoms with Gasteiger partial charge in [-0.05, 0) is 6.92 Å². The molecule has 6 nitrogen and oxygen atoms in total. The zero-order valence-corrected chi connectivity index (χ0v) is 7.75. The standard InChI is InChI=1S/C8H13NO5/c1-4(10)7(8(13)14)9-3-5(11)2-6(9)12/h4-5,7,10-11H,2-3H2,1H3,(H,13,14)/t4-,5?,7-/m0/s1. The second-order valence-electron chi connectivity index (χ2n) is 3.43. The highest BCUT2D eigenvalue weighted by atomic mass is 16.4. The van der Waals surface area contributed by atoms with Crippen LogP contribution in [0.25, 0.3) is 0 Å². The van der Waals surface area contributed by atoms with Gasteiger partial charge in [-0.1, -0.05) is 0 Å². The van der Waals surface area contributed by atoms with E-state index in [1.54, 1.807) is 0 Å². The number of likely N-dealkylation sites (tertiary alicyclic amines) is 1. The number of aliphatic carboxylic acids is 1. The first-order chi connectivity index (χ1) is 6.43. The number of nitrogens with zero attached hydrogens (tertiary/aromatic N) is 1. The van der Waals surface area contributed by atoms with E-state index in [0.29, 0.717) is 0 Å². The summed E-state index contributed by atoms with van der Waals surface area (Å²) in [5, 5.41) is 27.1. The van der Waals surface area contributed by atoms with Crippen LogP contribution in [0.5, 0.6) is 0 Å². The average molecular weight is 203 g/mol. The number of hydrogen-bond donors (Lipinski definition) is 3. The van der Waals surface area contributed by atoms with Crippen molar-refractivity contribution in [2.45, 2.75) is 31.6 Å². The molecular formula is C8H13NO5. The van der Waals surface area contributed by atoms with Gasteiger partial charge in [0.05, 0.1) is 18.6 Å². The summed E-state index contributed by atoms with van der Waals surface area (Å²) >= 11 is 0. The first-order valence-corrected chi connectivity index (χ1v) is 4.32. The Kier molecular flexibility index (Phi) is 3.07. The van der Waals surface area contributed by atoms with E-state index in [2.05, 4.69) is 0 Å². The molecule has 14 heavy (non-hydrogen) atoms. The van der Waals surface area contributed by atoms with Crippen LogP contribution in [-0.2, 0) is 9.59 Å². The molecule has 1 heterocycles. The van der Waals surface area contributed by atoms with Crippen LogP contribution in [0.4, 0.5) is 0 Å². The molecule has 0 bridgehead atoms. The van der Waals surface area contributed by atoms with E-state index >= 15 is 0 Å². The van der Waals surface area contributed by atoms with Crippen molar-refractivity contribution >= 4 is 11.9 Å². The summed E-state index contributed by atoms with van der Waals surface area (Å²) in [6.45, 7) is 1.28. The lowest BCUT2D eigenvalue weighted by Crippen LogP contribution is -2.48. The van der Waals surface area contributed by atoms with Crippen molar-refractivity contribution in [1.82, 2.24) is 4.90 Å². The Labute approximate surface area is 80.8 Å². The molecular weight excluding hydrogens is 190 g/mol. The van der Waals surface area contributed by atoms with Gasteiger partial charge in [-0.25, -0.2) is 4.79 Å². The average Bonchev–Trinajstić information content (AvgIpc) is 2.29. The van der Waals surface area contributed by atoms with E-state index in [1.807, 2.05) is 0 Å². The minimum Gasteiger partial charge on any atom is -0.480 e. The van der Waals surface area contributed by atoms with Crippen LogP contribution < -0.4 is 0 Å². The topological polar surface area (TPSA) is 98.1 Å². The Morgan fingerprint density at radius 3 is 2.50 bits per heavy atom. The Morgan fingerprint density at radius 2 is 2.21 bits per heavy atom. The highest BCUT2D eigenvalue weighted by Crippen LogP contribution is 2.16. The quantitative estimate of drug-likeness (QED) is 0.514. The van der Waals surface area contributed by atoms with Crippen molar-refractivity contribution in [2.24, 2.45) is 0 Å². The SMILES string of the molecule is C[C@H](O)[C@@H](C(=O)O)N1CC(O)CC1=O. The summed E-state index contributed by atoms with van der Waals surface area (Å²) in [6.07, 6.45) is -2.05. The van der Waals surface area contributed by atoms with Crippen LogP contribution in [0, 0.1) is 0 Å². The third-order valence-electron chi connectivity index (χ3n) is 2.18. The Bertz CT molecular complexity index is 252. The molecule has 1 unspecified atom stereocenters. The smallest absolute Gasteiger partial charge is 0.329 e. The molecule has 80 valence electrons. The molecule has 0 aromatic carbocycles. The largest absolute Gasteiger partial charge is 0.480 e. The van der Waals surface area contributed by atoms with Gasteiger partial charge >= 0.3 is 5.97 Å². The summed E-state index contributed by atoms with van der Waals surface area (Å²) in [5.74, 6) is -1.70. The third-order valence-corrected chi connectivity index (χ3v) is 2.18. The van der Waals surface area contributed by atoms with Crippen molar-refractivity contribution in [1.29, 1.82) is 0 Å². The lowest BCUT2D eigenvalue weighted by Gasteiger charge is -2.26. The molecule has 6 heteroatoms. The molecule has 1 amide bonds. The Hall–Kier alpha value is -1.14. The number of carbonyl (C=O) groups is 2. The lowest BCUT2D eigenvalue weighted by molar-refractivity contribution is -0.152. The molecule has 1 rings (SSSR count). The van der Waals surface area contributed by atoms with Crippen molar-refractivity contribution < 1.29 is 24.9 Å². The van der Waals surface area contributed by atoms with Crippen molar-refractivity contribution in [3.63, 3.8) is 0 Å². The number of rotatable bonds is 3. The summed E-state index contributed by atoms with van der Waals surface area (Å²) in [7, 11) is 0. The van der Waals surface area contributed by atoms with Gasteiger partial charge in [0.2, 0.25) is 5.91 Å². The molecule has 0 aromatic rings. The minimum atomic E-state index is -1.26. The number of amides is 1. The number of carbonyl (C=O) groups excluding carboxylic acids is 1. The van der Waals surface area contributed by atoms with Gasteiger partial charge in [0.15, 0.2) is 6.04 Å². The van der Waals surface area contributed by atoms with E-state index in [0.717, 1.165) is 4.90 Å². The van der Waals surface area contributed by atoms with E-state index in [9.17, 15) is 14.7 Å². The number of aliphatic hydroxyl groups is 2. The molecule has 0 spiro atoms. The maximum atomic E-state index is 11.2. The van der Waals surface area contributed by atoms with Gasteiger partial charge < -0.3 is 20.2 Å². The fraction of sp³-hybridized carbons (Fsp3) is 0.750. The van der Waals surface area contributed by atoms with Crippen LogP contribution in [-0.4, -0.2) is 56.9 Å². The van der Waals surface area contributed by atoms with Crippen LogP contribution in [0.1, 0.15) is 13.3 Å². The summed E-state index contributed by atoms with van der Waals surface area (Å²) in [4.78, 5) is 23.0. The normalized spacial score (nSPS) is 26.4. The first-order valence-electron chi connectivity index (χ1n) is 4.32. The molecule has 0 saturated carbocycles. The summed E-state index contributed by atoms with van der Waals surface area (Å²) < 4.78 is 0. The number of hydrogen-bond acceptors (Lipinski definition) is 4. The van der Waals surface area contributed by atoms with Gasteiger partial charge in [-0.15, -0.1) is 0 Å². The fourth-order valence-electron chi connectivity index (χ4n) is 1.58. The number of β-amino-alcohol motifs (C(OH)–C–C–N with tert-alkyl or cyclic N) is 1. The van der Waals surface area contributed by atoms with Crippen LogP contribution in [0.15, 0.2) is 0 Å². The Balaban J connectivity index is 2.79. The van der Waals surface area contributed by atoms with Crippen molar-refractivity contribution in [3.05, 3.63) is 0 Å². The molecule has 1 fully saturated rings. The van der Waals surface area contributed by atoms with E-state index in [1.165, 1.54) is 6.92 Å². The summed E-state index contributed by atoms with van der Waals surface area (Å²) in [5.41, 5.74) is 0. The number of aliphatic hydroxyl groups excluding tert-OH is 2. The minimum absolute atomic E-state index is 0.0271. The van der Waals surface area contributed by atoms with E-state index in [-0.39, 0.29) is 13.0 Å². The van der Waals surface area contributed by atoms with Gasteiger partial charge in [0, 0.05) is 6.54 Å². The molecule has 0 aliphatic carbocycles. The van der Waals surface area contributed by atoms with Crippen LogP contribution in [0.3, 0.4) is 0 Å². The van der Waals surface area contributed by atoms with Crippen LogP contribution in [0.2, 0.25) is 0 Å². The van der Waals surface area contributed by atoms with Gasteiger partial charge in [-0.2, -0.15) is 0 Å². The predicted molar refractivity (Wildman–Crippen MR) is 45.4 cm³/mol. The molecule has 1 aliphatic heterocycles. The van der Waals surface area contributed by atoms with E-state index in [4.69, 9.17) is 10.2 Å². The first kappa shape index (κ1) is 10.9. The van der Waals surface area contributed by atoms with Crippen molar-refractivity contribution in [2.75, 3.05) is 6.54 Å². The second-order valence-corrected chi connectivity index (χ2v) is 3.43. The van der Waals surface area contributed by atoms with Gasteiger partial charge in [-0.3, -0.25) is 4.79 Å². The van der Waals surface area contributed by atoms with Crippen LogP contribution >= 0.6 is 0 Å². The zero-order chi connectivity index (χ0) is 10.9.